The average Bonchev–Trinajstić information content (AvgIpc) is 2.34. The molecule has 0 radical (unpaired) electrons. The van der Waals surface area contributed by atoms with E-state index in [1.54, 1.807) is 13.0 Å². The molecule has 0 aliphatic carbocycles. The van der Waals surface area contributed by atoms with Crippen LogP contribution in [-0.4, -0.2) is 17.2 Å². The van der Waals surface area contributed by atoms with Gasteiger partial charge in [-0.1, -0.05) is 56.3 Å². The highest BCUT2D eigenvalue weighted by Gasteiger charge is 1.77. The van der Waals surface area contributed by atoms with E-state index in [9.17, 15) is 4.79 Å². The van der Waals surface area contributed by atoms with E-state index in [4.69, 9.17) is 21.7 Å². The van der Waals surface area contributed by atoms with E-state index >= 15 is 0 Å². The van der Waals surface area contributed by atoms with E-state index < -0.39 is 10.2 Å². The van der Waals surface area contributed by atoms with Crippen LogP contribution >= 0.6 is 11.6 Å². The van der Waals surface area contributed by atoms with Crippen molar-refractivity contribution in [2.24, 2.45) is 0 Å². The fraction of sp³-hybridized carbons (Fsp3) is 0.308. The Kier molecular flexibility index (Phi) is 24.8. The van der Waals surface area contributed by atoms with E-state index in [1.165, 1.54) is 6.08 Å². The molecule has 0 N–H and O–H groups in total. The van der Waals surface area contributed by atoms with E-state index in [-0.39, 0.29) is 0 Å². The highest BCUT2D eigenvalue weighted by molar-refractivity contribution is 6.66. The van der Waals surface area contributed by atoms with Crippen molar-refractivity contribution in [2.75, 3.05) is 7.05 Å². The number of halogens is 1. The molecule has 0 spiro atoms. The third-order valence-corrected chi connectivity index (χ3v) is 1.09. The summed E-state index contributed by atoms with van der Waals surface area (Å²) in [6.07, 6.45) is 2.89. The fourth-order valence-corrected chi connectivity index (χ4v) is 0.642. The van der Waals surface area contributed by atoms with Gasteiger partial charge in [0.05, 0.1) is 0 Å². The minimum absolute atomic E-state index is 0.419. The first kappa shape index (κ1) is 21.6. The molecule has 18 heavy (non-hydrogen) atoms. The van der Waals surface area contributed by atoms with Gasteiger partial charge in [-0.2, -0.15) is 0 Å². The van der Waals surface area contributed by atoms with Crippen molar-refractivity contribution in [2.45, 2.75) is 20.8 Å². The first-order valence-electron chi connectivity index (χ1n) is 5.40. The Balaban J connectivity index is -0.000000179. The zero-order valence-corrected chi connectivity index (χ0v) is 11.9. The SMILES string of the molecule is CC.CC=CC(=O)Cl.C[N+](=O)[O-].c1ccccc1. The molecule has 0 saturated heterocycles. The lowest BCUT2D eigenvalue weighted by atomic mass is 10.4. The van der Waals surface area contributed by atoms with E-state index in [0.717, 1.165) is 7.05 Å². The van der Waals surface area contributed by atoms with Crippen LogP contribution in [0.2, 0.25) is 0 Å². The molecule has 5 heteroatoms. The van der Waals surface area contributed by atoms with Crippen molar-refractivity contribution in [1.29, 1.82) is 0 Å². The monoisotopic (exact) mass is 273 g/mol. The van der Waals surface area contributed by atoms with E-state index in [2.05, 4.69) is 0 Å². The highest BCUT2D eigenvalue weighted by atomic mass is 35.5. The fourth-order valence-electron chi connectivity index (χ4n) is 0.516. The minimum Gasteiger partial charge on any atom is -0.276 e. The number of hydrogen-bond donors (Lipinski definition) is 0. The first-order valence-corrected chi connectivity index (χ1v) is 5.78. The Morgan fingerprint density at radius 1 is 1.11 bits per heavy atom. The summed E-state index contributed by atoms with van der Waals surface area (Å²) in [6, 6.07) is 12.0. The van der Waals surface area contributed by atoms with E-state index in [1.807, 2.05) is 50.2 Å². The Morgan fingerprint density at radius 3 is 1.39 bits per heavy atom. The number of hydrogen-bond acceptors (Lipinski definition) is 3. The summed E-state index contributed by atoms with van der Waals surface area (Å²) < 4.78 is 0. The molecule has 0 amide bonds. The molecule has 0 fully saturated rings. The third kappa shape index (κ3) is 47.4. The van der Waals surface area contributed by atoms with Crippen molar-refractivity contribution < 1.29 is 9.72 Å². The molecular formula is C13H20ClNO3. The molecule has 0 heterocycles. The van der Waals surface area contributed by atoms with Gasteiger partial charge in [-0.15, -0.1) is 0 Å². The second-order valence-corrected chi connectivity index (χ2v) is 2.77. The molecule has 4 nitrogen and oxygen atoms in total. The maximum Gasteiger partial charge on any atom is 0.244 e. The van der Waals surface area contributed by atoms with Gasteiger partial charge in [-0.3, -0.25) is 14.9 Å². The summed E-state index contributed by atoms with van der Waals surface area (Å²) in [5, 5.41) is 8.39. The van der Waals surface area contributed by atoms with Crippen LogP contribution in [0, 0.1) is 10.1 Å². The molecule has 1 aromatic carbocycles. The lowest BCUT2D eigenvalue weighted by Crippen LogP contribution is -1.79. The predicted octanol–water partition coefficient (Wildman–Crippen LogP) is 3.93. The highest BCUT2D eigenvalue weighted by Crippen LogP contribution is 1.80. The molecule has 0 atom stereocenters. The maximum absolute atomic E-state index is 9.72. The van der Waals surface area contributed by atoms with Crippen LogP contribution in [0.15, 0.2) is 48.6 Å². The second kappa shape index (κ2) is 20.7. The number of benzene rings is 1. The molecule has 0 unspecified atom stereocenters. The number of allylic oxidation sites excluding steroid dienone is 2. The minimum atomic E-state index is -0.500. The lowest BCUT2D eigenvalue weighted by Gasteiger charge is -1.69. The van der Waals surface area contributed by atoms with Crippen LogP contribution in [0.3, 0.4) is 0 Å². The zero-order valence-electron chi connectivity index (χ0n) is 11.2. The predicted molar refractivity (Wildman–Crippen MR) is 76.4 cm³/mol. The van der Waals surface area contributed by atoms with Crippen molar-refractivity contribution in [1.82, 2.24) is 0 Å². The molecule has 0 aliphatic rings. The van der Waals surface area contributed by atoms with Crippen LogP contribution in [0.1, 0.15) is 20.8 Å². The van der Waals surface area contributed by atoms with Gasteiger partial charge in [0.2, 0.25) is 5.24 Å². The number of rotatable bonds is 1. The molecule has 0 aliphatic heterocycles. The summed E-state index contributed by atoms with van der Waals surface area (Å²) >= 11 is 4.85. The Morgan fingerprint density at radius 2 is 1.33 bits per heavy atom. The Labute approximate surface area is 113 Å². The molecule has 0 aromatic heterocycles. The van der Waals surface area contributed by atoms with Crippen LogP contribution < -0.4 is 0 Å². The average molecular weight is 274 g/mol. The van der Waals surface area contributed by atoms with Crippen molar-refractivity contribution in [3.8, 4) is 0 Å². The quantitative estimate of drug-likeness (QED) is 0.337. The third-order valence-electron chi connectivity index (χ3n) is 0.964. The smallest absolute Gasteiger partial charge is 0.244 e. The zero-order chi connectivity index (χ0) is 14.8. The van der Waals surface area contributed by atoms with Crippen LogP contribution in [0.25, 0.3) is 0 Å². The number of carbonyl (C=O) groups is 1. The molecule has 1 rings (SSSR count). The molecule has 0 saturated carbocycles. The topological polar surface area (TPSA) is 60.2 Å². The summed E-state index contributed by atoms with van der Waals surface area (Å²) in [7, 11) is 0.889. The largest absolute Gasteiger partial charge is 0.276 e. The van der Waals surface area contributed by atoms with Crippen molar-refractivity contribution in [3.63, 3.8) is 0 Å². The number of nitro groups is 1. The molecular weight excluding hydrogens is 254 g/mol. The Hall–Kier alpha value is -1.68. The maximum atomic E-state index is 9.72. The number of nitrogens with zero attached hydrogens (tertiary/aromatic N) is 1. The molecule has 0 bridgehead atoms. The van der Waals surface area contributed by atoms with Gasteiger partial charge >= 0.3 is 0 Å². The van der Waals surface area contributed by atoms with Gasteiger partial charge in [0.25, 0.3) is 0 Å². The van der Waals surface area contributed by atoms with Gasteiger partial charge in [0.15, 0.2) is 7.05 Å². The van der Waals surface area contributed by atoms with Gasteiger partial charge in [-0.25, -0.2) is 0 Å². The van der Waals surface area contributed by atoms with Gasteiger partial charge in [0.1, 0.15) is 0 Å². The first-order chi connectivity index (χ1) is 8.50. The van der Waals surface area contributed by atoms with Crippen LogP contribution in [-0.2, 0) is 4.79 Å². The second-order valence-electron chi connectivity index (χ2n) is 2.40. The standard InChI is InChI=1S/C6H6.C4H5ClO.C2H6.CH3NO2/c1-2-4-6-5-3-1;1-2-3-4(5)6;1-2;1-2(3)4/h1-6H;2-3H,1H3;1-2H3;1H3. The molecule has 102 valence electrons. The van der Waals surface area contributed by atoms with Crippen LogP contribution in [0.5, 0.6) is 0 Å². The summed E-state index contributed by atoms with van der Waals surface area (Å²) in [4.78, 5) is 18.0. The lowest BCUT2D eigenvalue weighted by molar-refractivity contribution is -0.445. The summed E-state index contributed by atoms with van der Waals surface area (Å²) in [5.74, 6) is 0. The Bertz CT molecular complexity index is 283. The summed E-state index contributed by atoms with van der Waals surface area (Å²) in [5.41, 5.74) is 0. The van der Waals surface area contributed by atoms with Gasteiger partial charge in [-0.05, 0) is 24.6 Å². The molecule has 1 aromatic rings. The van der Waals surface area contributed by atoms with Crippen molar-refractivity contribution >= 4 is 16.8 Å². The number of carbonyl (C=O) groups excluding carboxylic acids is 1. The van der Waals surface area contributed by atoms with E-state index in [0.29, 0.717) is 0 Å². The van der Waals surface area contributed by atoms with Crippen LogP contribution in [0.4, 0.5) is 0 Å². The summed E-state index contributed by atoms with van der Waals surface area (Å²) in [6.45, 7) is 5.74. The van der Waals surface area contributed by atoms with Gasteiger partial charge in [0, 0.05) is 4.92 Å². The normalized spacial score (nSPS) is 7.61. The van der Waals surface area contributed by atoms with Crippen molar-refractivity contribution in [3.05, 3.63) is 58.7 Å². The van der Waals surface area contributed by atoms with Gasteiger partial charge < -0.3 is 0 Å².